The van der Waals surface area contributed by atoms with Gasteiger partial charge >= 0.3 is 0 Å². The highest BCUT2D eigenvalue weighted by Gasteiger charge is 2.13. The van der Waals surface area contributed by atoms with E-state index in [1.807, 2.05) is 40.1 Å². The van der Waals surface area contributed by atoms with Gasteiger partial charge in [-0.2, -0.15) is 0 Å². The highest BCUT2D eigenvalue weighted by molar-refractivity contribution is 5.97. The molecule has 0 aliphatic carbocycles. The van der Waals surface area contributed by atoms with Gasteiger partial charge < -0.3 is 15.0 Å². The lowest BCUT2D eigenvalue weighted by Crippen LogP contribution is -2.27. The average Bonchev–Trinajstić information content (AvgIpc) is 2.36. The van der Waals surface area contributed by atoms with Gasteiger partial charge in [-0.25, -0.2) is 0 Å². The molecule has 4 heteroatoms. The fourth-order valence-electron chi connectivity index (χ4n) is 1.83. The molecule has 0 spiro atoms. The fraction of sp³-hybridized carbons (Fsp3) is 0.533. The predicted molar refractivity (Wildman–Crippen MR) is 78.0 cm³/mol. The van der Waals surface area contributed by atoms with Crippen LogP contribution in [-0.2, 0) is 0 Å². The molecule has 0 bridgehead atoms. The van der Waals surface area contributed by atoms with Crippen LogP contribution < -0.4 is 10.1 Å². The quantitative estimate of drug-likeness (QED) is 0.799. The molecule has 19 heavy (non-hydrogen) atoms. The molecule has 4 nitrogen and oxygen atoms in total. The van der Waals surface area contributed by atoms with Crippen LogP contribution in [0.4, 0.5) is 0 Å². The molecule has 0 atom stereocenters. The summed E-state index contributed by atoms with van der Waals surface area (Å²) in [4.78, 5) is 14.2. The number of hydrogen-bond acceptors (Lipinski definition) is 3. The molecule has 1 N–H and O–H groups in total. The number of methoxy groups -OCH3 is 1. The van der Waals surface area contributed by atoms with Crippen molar-refractivity contribution in [3.63, 3.8) is 0 Å². The van der Waals surface area contributed by atoms with Crippen molar-refractivity contribution >= 4 is 5.91 Å². The molecule has 0 radical (unpaired) electrons. The summed E-state index contributed by atoms with van der Waals surface area (Å²) in [6, 6.07) is 3.79. The number of nitrogens with zero attached hydrogens (tertiary/aromatic N) is 1. The maximum atomic E-state index is 12.1. The van der Waals surface area contributed by atoms with Crippen molar-refractivity contribution in [3.05, 3.63) is 28.8 Å². The summed E-state index contributed by atoms with van der Waals surface area (Å²) in [5.41, 5.74) is 2.83. The molecule has 0 saturated carbocycles. The predicted octanol–water partition coefficient (Wildman–Crippen LogP) is 1.99. The first-order valence-electron chi connectivity index (χ1n) is 6.54. The SMILES string of the molecule is COc1cc(C)c(C)cc1C(=O)NCCCN(C)C. The van der Waals surface area contributed by atoms with Crippen LogP contribution in [0.2, 0.25) is 0 Å². The Hall–Kier alpha value is -1.55. The zero-order valence-corrected chi connectivity index (χ0v) is 12.5. The van der Waals surface area contributed by atoms with Crippen molar-refractivity contribution in [2.45, 2.75) is 20.3 Å². The van der Waals surface area contributed by atoms with Crippen LogP contribution in [0.25, 0.3) is 0 Å². The second-order valence-electron chi connectivity index (χ2n) is 5.05. The van der Waals surface area contributed by atoms with E-state index in [2.05, 4.69) is 10.2 Å². The maximum absolute atomic E-state index is 12.1. The Balaban J connectivity index is 2.68. The minimum Gasteiger partial charge on any atom is -0.496 e. The summed E-state index contributed by atoms with van der Waals surface area (Å²) in [6.45, 7) is 5.64. The number of benzene rings is 1. The number of amides is 1. The fourth-order valence-corrected chi connectivity index (χ4v) is 1.83. The van der Waals surface area contributed by atoms with E-state index in [1.54, 1.807) is 7.11 Å². The maximum Gasteiger partial charge on any atom is 0.255 e. The van der Waals surface area contributed by atoms with Crippen molar-refractivity contribution in [2.75, 3.05) is 34.3 Å². The zero-order chi connectivity index (χ0) is 14.4. The number of hydrogen-bond donors (Lipinski definition) is 1. The van der Waals surface area contributed by atoms with Gasteiger partial charge in [-0.05, 0) is 64.2 Å². The molecular formula is C15H24N2O2. The van der Waals surface area contributed by atoms with Gasteiger partial charge in [-0.15, -0.1) is 0 Å². The van der Waals surface area contributed by atoms with Gasteiger partial charge in [0.15, 0.2) is 0 Å². The Morgan fingerprint density at radius 3 is 2.47 bits per heavy atom. The van der Waals surface area contributed by atoms with E-state index in [1.165, 1.54) is 0 Å². The first-order chi connectivity index (χ1) is 8.95. The zero-order valence-electron chi connectivity index (χ0n) is 12.5. The summed E-state index contributed by atoms with van der Waals surface area (Å²) in [5.74, 6) is 0.562. The van der Waals surface area contributed by atoms with Gasteiger partial charge in [0.05, 0.1) is 12.7 Å². The second-order valence-corrected chi connectivity index (χ2v) is 5.05. The molecule has 0 aliphatic heterocycles. The van der Waals surface area contributed by atoms with Crippen molar-refractivity contribution < 1.29 is 9.53 Å². The number of carbonyl (C=O) groups excluding carboxylic acids is 1. The number of ether oxygens (including phenoxy) is 1. The number of aryl methyl sites for hydroxylation is 2. The Labute approximate surface area is 115 Å². The number of nitrogens with one attached hydrogen (secondary N) is 1. The van der Waals surface area contributed by atoms with Gasteiger partial charge in [0.25, 0.3) is 5.91 Å². The standard InChI is InChI=1S/C15H24N2O2/c1-11-9-13(14(19-5)10-12(11)2)15(18)16-7-6-8-17(3)4/h9-10H,6-8H2,1-5H3,(H,16,18). The van der Waals surface area contributed by atoms with Crippen LogP contribution >= 0.6 is 0 Å². The van der Waals surface area contributed by atoms with E-state index in [0.29, 0.717) is 17.9 Å². The van der Waals surface area contributed by atoms with Crippen molar-refractivity contribution in [2.24, 2.45) is 0 Å². The lowest BCUT2D eigenvalue weighted by atomic mass is 10.0. The van der Waals surface area contributed by atoms with Crippen LogP contribution in [0.1, 0.15) is 27.9 Å². The van der Waals surface area contributed by atoms with E-state index >= 15 is 0 Å². The minimum atomic E-state index is -0.0706. The Bertz CT molecular complexity index is 442. The smallest absolute Gasteiger partial charge is 0.255 e. The molecule has 1 amide bonds. The summed E-state index contributed by atoms with van der Waals surface area (Å²) in [5, 5.41) is 2.93. The minimum absolute atomic E-state index is 0.0706. The van der Waals surface area contributed by atoms with E-state index in [-0.39, 0.29) is 5.91 Å². The monoisotopic (exact) mass is 264 g/mol. The van der Waals surface area contributed by atoms with Gasteiger partial charge in [-0.3, -0.25) is 4.79 Å². The van der Waals surface area contributed by atoms with Crippen LogP contribution in [0.5, 0.6) is 5.75 Å². The summed E-state index contributed by atoms with van der Waals surface area (Å²) >= 11 is 0. The van der Waals surface area contributed by atoms with Crippen LogP contribution in [0.3, 0.4) is 0 Å². The first kappa shape index (κ1) is 15.5. The Morgan fingerprint density at radius 1 is 1.26 bits per heavy atom. The molecule has 0 fully saturated rings. The Kier molecular flexibility index (Phi) is 5.83. The number of rotatable bonds is 6. The third-order valence-electron chi connectivity index (χ3n) is 3.13. The summed E-state index contributed by atoms with van der Waals surface area (Å²) in [7, 11) is 5.63. The summed E-state index contributed by atoms with van der Waals surface area (Å²) < 4.78 is 5.28. The molecule has 0 saturated heterocycles. The molecule has 106 valence electrons. The molecule has 0 heterocycles. The van der Waals surface area contributed by atoms with Gasteiger partial charge in [0, 0.05) is 6.54 Å². The third-order valence-corrected chi connectivity index (χ3v) is 3.13. The van der Waals surface area contributed by atoms with Crippen molar-refractivity contribution in [3.8, 4) is 5.75 Å². The van der Waals surface area contributed by atoms with Gasteiger partial charge in [0.2, 0.25) is 0 Å². The lowest BCUT2D eigenvalue weighted by molar-refractivity contribution is 0.0949. The van der Waals surface area contributed by atoms with Crippen LogP contribution in [0.15, 0.2) is 12.1 Å². The molecular weight excluding hydrogens is 240 g/mol. The molecule has 0 aliphatic rings. The normalized spacial score (nSPS) is 10.6. The molecule has 0 aromatic heterocycles. The lowest BCUT2D eigenvalue weighted by Gasteiger charge is -2.13. The van der Waals surface area contributed by atoms with Crippen molar-refractivity contribution in [1.82, 2.24) is 10.2 Å². The number of carbonyl (C=O) groups is 1. The molecule has 1 rings (SSSR count). The second kappa shape index (κ2) is 7.14. The molecule has 1 aromatic rings. The topological polar surface area (TPSA) is 41.6 Å². The Morgan fingerprint density at radius 2 is 1.89 bits per heavy atom. The third kappa shape index (κ3) is 4.56. The van der Waals surface area contributed by atoms with Crippen LogP contribution in [0, 0.1) is 13.8 Å². The van der Waals surface area contributed by atoms with Crippen molar-refractivity contribution in [1.29, 1.82) is 0 Å². The summed E-state index contributed by atoms with van der Waals surface area (Å²) in [6.07, 6.45) is 0.936. The average molecular weight is 264 g/mol. The molecule has 0 unspecified atom stereocenters. The first-order valence-corrected chi connectivity index (χ1v) is 6.54. The molecule has 1 aromatic carbocycles. The van der Waals surface area contributed by atoms with E-state index in [0.717, 1.165) is 24.1 Å². The van der Waals surface area contributed by atoms with Gasteiger partial charge in [0.1, 0.15) is 5.75 Å². The highest BCUT2D eigenvalue weighted by Crippen LogP contribution is 2.22. The van der Waals surface area contributed by atoms with Gasteiger partial charge in [-0.1, -0.05) is 0 Å². The van der Waals surface area contributed by atoms with E-state index < -0.39 is 0 Å². The van der Waals surface area contributed by atoms with E-state index in [9.17, 15) is 4.79 Å². The highest BCUT2D eigenvalue weighted by atomic mass is 16.5. The largest absolute Gasteiger partial charge is 0.496 e. The van der Waals surface area contributed by atoms with Crippen LogP contribution in [-0.4, -0.2) is 45.1 Å². The van der Waals surface area contributed by atoms with E-state index in [4.69, 9.17) is 4.74 Å².